The highest BCUT2D eigenvalue weighted by atomic mass is 32.1. The van der Waals surface area contributed by atoms with Crippen LogP contribution in [0.4, 0.5) is 0 Å². The summed E-state index contributed by atoms with van der Waals surface area (Å²) in [6, 6.07) is 9.94. The van der Waals surface area contributed by atoms with Crippen molar-refractivity contribution in [3.05, 3.63) is 65.3 Å². The average molecular weight is 382 g/mol. The molecule has 1 aromatic carbocycles. The Morgan fingerprint density at radius 3 is 2.93 bits per heavy atom. The summed E-state index contributed by atoms with van der Waals surface area (Å²) in [5.41, 5.74) is 2.53. The highest BCUT2D eigenvalue weighted by molar-refractivity contribution is 7.80. The van der Waals surface area contributed by atoms with Crippen LogP contribution in [0.15, 0.2) is 58.3 Å². The van der Waals surface area contributed by atoms with Crippen LogP contribution >= 0.6 is 12.2 Å². The number of nitrogens with zero attached hydrogens (tertiary/aromatic N) is 1. The summed E-state index contributed by atoms with van der Waals surface area (Å²) in [7, 11) is 1.88. The van der Waals surface area contributed by atoms with E-state index in [9.17, 15) is 9.59 Å². The van der Waals surface area contributed by atoms with Crippen molar-refractivity contribution in [2.75, 3.05) is 7.05 Å². The van der Waals surface area contributed by atoms with Gasteiger partial charge in [-0.2, -0.15) is 0 Å². The molecule has 1 unspecified atom stereocenters. The molecule has 0 spiro atoms. The Labute approximate surface area is 161 Å². The standard InChI is InChI=1S/C20H18N2O4S/c1-22-14-7-3-8-15(23)17(14)18(21-20(22)27)12-5-2-6-13(11-12)26-19(24)16-9-4-10-25-16/h2,4-6,9-11,18H,3,7-8H2,1H3,(H,21,27). The molecule has 138 valence electrons. The highest BCUT2D eigenvalue weighted by Crippen LogP contribution is 2.37. The van der Waals surface area contributed by atoms with Gasteiger partial charge in [0, 0.05) is 24.7 Å². The smallest absolute Gasteiger partial charge is 0.379 e. The largest absolute Gasteiger partial charge is 0.457 e. The van der Waals surface area contributed by atoms with Crippen LogP contribution in [0.2, 0.25) is 0 Å². The second-order valence-electron chi connectivity index (χ2n) is 6.52. The Kier molecular flexibility index (Phi) is 4.53. The van der Waals surface area contributed by atoms with Crippen molar-refractivity contribution in [1.82, 2.24) is 10.2 Å². The topological polar surface area (TPSA) is 71.8 Å². The van der Waals surface area contributed by atoms with Crippen molar-refractivity contribution in [2.45, 2.75) is 25.3 Å². The van der Waals surface area contributed by atoms with E-state index in [1.807, 2.05) is 18.0 Å². The summed E-state index contributed by atoms with van der Waals surface area (Å²) in [4.78, 5) is 26.6. The molecule has 0 saturated heterocycles. The third-order valence-electron chi connectivity index (χ3n) is 4.82. The molecule has 2 heterocycles. The zero-order valence-corrected chi connectivity index (χ0v) is 15.5. The summed E-state index contributed by atoms with van der Waals surface area (Å²) in [5, 5.41) is 3.82. The fourth-order valence-corrected chi connectivity index (χ4v) is 3.73. The number of hydrogen-bond acceptors (Lipinski definition) is 5. The monoisotopic (exact) mass is 382 g/mol. The number of furan rings is 1. The number of ether oxygens (including phenoxy) is 1. The number of esters is 1. The maximum atomic E-state index is 12.6. The summed E-state index contributed by atoms with van der Waals surface area (Å²) >= 11 is 5.44. The van der Waals surface area contributed by atoms with E-state index >= 15 is 0 Å². The maximum absolute atomic E-state index is 12.6. The number of carbonyl (C=O) groups is 2. The van der Waals surface area contributed by atoms with Crippen molar-refractivity contribution in [3.63, 3.8) is 0 Å². The Morgan fingerprint density at radius 1 is 1.30 bits per heavy atom. The molecule has 4 rings (SSSR count). The summed E-state index contributed by atoms with van der Waals surface area (Å²) in [6.45, 7) is 0. The molecular weight excluding hydrogens is 364 g/mol. The van der Waals surface area contributed by atoms with Gasteiger partial charge in [0.2, 0.25) is 5.76 Å². The quantitative estimate of drug-likeness (QED) is 0.496. The number of rotatable bonds is 3. The first kappa shape index (κ1) is 17.5. The summed E-state index contributed by atoms with van der Waals surface area (Å²) in [5.74, 6) is 0.0659. The van der Waals surface area contributed by atoms with Crippen molar-refractivity contribution in [2.24, 2.45) is 0 Å². The van der Waals surface area contributed by atoms with E-state index in [1.165, 1.54) is 6.26 Å². The van der Waals surface area contributed by atoms with Gasteiger partial charge in [-0.15, -0.1) is 0 Å². The highest BCUT2D eigenvalue weighted by Gasteiger charge is 2.35. The number of ketones is 1. The first-order chi connectivity index (χ1) is 13.0. The van der Waals surface area contributed by atoms with Crippen molar-refractivity contribution in [3.8, 4) is 5.75 Å². The zero-order valence-electron chi connectivity index (χ0n) is 14.7. The molecular formula is C20H18N2O4S. The van der Waals surface area contributed by atoms with Crippen LogP contribution in [0.3, 0.4) is 0 Å². The molecule has 7 heteroatoms. The number of benzene rings is 1. The van der Waals surface area contributed by atoms with Gasteiger partial charge in [0.05, 0.1) is 12.3 Å². The molecule has 0 radical (unpaired) electrons. The van der Waals surface area contributed by atoms with E-state index in [2.05, 4.69) is 5.32 Å². The van der Waals surface area contributed by atoms with Gasteiger partial charge < -0.3 is 19.4 Å². The van der Waals surface area contributed by atoms with Crippen LogP contribution in [0.25, 0.3) is 0 Å². The van der Waals surface area contributed by atoms with Crippen molar-refractivity contribution >= 4 is 29.1 Å². The van der Waals surface area contributed by atoms with Gasteiger partial charge in [0.15, 0.2) is 10.9 Å². The number of carbonyl (C=O) groups excluding carboxylic acids is 2. The molecule has 2 aliphatic rings. The van der Waals surface area contributed by atoms with Gasteiger partial charge >= 0.3 is 5.97 Å². The normalized spacial score (nSPS) is 19.6. The summed E-state index contributed by atoms with van der Waals surface area (Å²) < 4.78 is 10.5. The third-order valence-corrected chi connectivity index (χ3v) is 5.21. The van der Waals surface area contributed by atoms with Gasteiger partial charge in [-0.3, -0.25) is 4.79 Å². The molecule has 0 fully saturated rings. The molecule has 0 bridgehead atoms. The van der Waals surface area contributed by atoms with Crippen LogP contribution in [0, 0.1) is 0 Å². The third kappa shape index (κ3) is 3.26. The molecule has 0 amide bonds. The number of nitrogens with one attached hydrogen (secondary N) is 1. The van der Waals surface area contributed by atoms with Gasteiger partial charge in [-0.1, -0.05) is 12.1 Å². The molecule has 1 atom stereocenters. The molecule has 2 aromatic rings. The van der Waals surface area contributed by atoms with Crippen LogP contribution in [0.5, 0.6) is 5.75 Å². The fraction of sp³-hybridized carbons (Fsp3) is 0.250. The van der Waals surface area contributed by atoms with Crippen molar-refractivity contribution < 1.29 is 18.7 Å². The second kappa shape index (κ2) is 7.00. The maximum Gasteiger partial charge on any atom is 0.379 e. The Hall–Kier alpha value is -2.93. The molecule has 0 saturated carbocycles. The van der Waals surface area contributed by atoms with Gasteiger partial charge in [-0.05, 0) is 54.9 Å². The number of thiocarbonyl (C=S) groups is 1. The van der Waals surface area contributed by atoms with Gasteiger partial charge in [-0.25, -0.2) is 4.79 Å². The SMILES string of the molecule is CN1C(=S)NC(c2cccc(OC(=O)c3ccco3)c2)C2=C1CCCC2=O. The van der Waals surface area contributed by atoms with E-state index < -0.39 is 5.97 Å². The van der Waals surface area contributed by atoms with Crippen LogP contribution in [0.1, 0.15) is 41.4 Å². The van der Waals surface area contributed by atoms with Crippen LogP contribution in [-0.4, -0.2) is 28.8 Å². The first-order valence-corrected chi connectivity index (χ1v) is 9.11. The van der Waals surface area contributed by atoms with E-state index in [0.717, 1.165) is 29.7 Å². The van der Waals surface area contributed by atoms with Gasteiger partial charge in [0.1, 0.15) is 5.75 Å². The first-order valence-electron chi connectivity index (χ1n) is 8.70. The Morgan fingerprint density at radius 2 is 2.15 bits per heavy atom. The summed E-state index contributed by atoms with van der Waals surface area (Å²) in [6.07, 6.45) is 3.60. The molecule has 1 aliphatic carbocycles. The molecule has 1 aromatic heterocycles. The minimum Gasteiger partial charge on any atom is -0.457 e. The molecule has 6 nitrogen and oxygen atoms in total. The van der Waals surface area contributed by atoms with E-state index in [-0.39, 0.29) is 17.6 Å². The lowest BCUT2D eigenvalue weighted by Crippen LogP contribution is -2.47. The van der Waals surface area contributed by atoms with E-state index in [4.69, 9.17) is 21.4 Å². The van der Waals surface area contributed by atoms with E-state index in [1.54, 1.807) is 30.3 Å². The lowest BCUT2D eigenvalue weighted by atomic mass is 9.85. The van der Waals surface area contributed by atoms with E-state index in [0.29, 0.717) is 17.3 Å². The minimum absolute atomic E-state index is 0.126. The van der Waals surface area contributed by atoms with Gasteiger partial charge in [0.25, 0.3) is 0 Å². The predicted molar refractivity (Wildman–Crippen MR) is 102 cm³/mol. The van der Waals surface area contributed by atoms with Crippen LogP contribution < -0.4 is 10.1 Å². The number of allylic oxidation sites excluding steroid dienone is 1. The van der Waals surface area contributed by atoms with Crippen LogP contribution in [-0.2, 0) is 4.79 Å². The number of Topliss-reactive ketones (excluding diaryl/α,β-unsaturated/α-hetero) is 1. The lowest BCUT2D eigenvalue weighted by Gasteiger charge is -2.39. The molecule has 1 N–H and O–H groups in total. The fourth-order valence-electron chi connectivity index (χ4n) is 3.50. The second-order valence-corrected chi connectivity index (χ2v) is 6.90. The Bertz CT molecular complexity index is 949. The zero-order chi connectivity index (χ0) is 19.0. The predicted octanol–water partition coefficient (Wildman–Crippen LogP) is 3.37. The average Bonchev–Trinajstić information content (AvgIpc) is 3.20. The number of hydrogen-bond donors (Lipinski definition) is 1. The van der Waals surface area contributed by atoms with Crippen molar-refractivity contribution in [1.29, 1.82) is 0 Å². The minimum atomic E-state index is -0.572. The Balaban J connectivity index is 1.66. The lowest BCUT2D eigenvalue weighted by molar-refractivity contribution is -0.116. The molecule has 1 aliphatic heterocycles. The molecule has 27 heavy (non-hydrogen) atoms.